The average molecular weight is 402 g/mol. The summed E-state index contributed by atoms with van der Waals surface area (Å²) >= 11 is 8.04. The van der Waals surface area contributed by atoms with E-state index in [4.69, 9.17) is 11.6 Å². The molecule has 140 valence electrons. The molecule has 2 aromatic heterocycles. The molecule has 0 atom stereocenters. The minimum atomic E-state index is 0.0249. The van der Waals surface area contributed by atoms with Gasteiger partial charge in [-0.1, -0.05) is 29.8 Å². The Morgan fingerprint density at radius 1 is 1.30 bits per heavy atom. The van der Waals surface area contributed by atoms with Crippen LogP contribution in [0.5, 0.6) is 0 Å². The number of carbonyl (C=O) groups excluding carboxylic acids is 1. The monoisotopic (exact) mass is 401 g/mol. The fraction of sp³-hybridized carbons (Fsp3) is 0.316. The fourth-order valence-electron chi connectivity index (χ4n) is 3.18. The van der Waals surface area contributed by atoms with Crippen molar-refractivity contribution in [3.8, 4) is 0 Å². The van der Waals surface area contributed by atoms with E-state index in [-0.39, 0.29) is 5.91 Å². The first kappa shape index (κ1) is 18.2. The number of fused-ring (bicyclic) bond motifs is 1. The summed E-state index contributed by atoms with van der Waals surface area (Å²) in [5, 5.41) is 8.78. The summed E-state index contributed by atoms with van der Waals surface area (Å²) in [4.78, 5) is 21.9. The van der Waals surface area contributed by atoms with Gasteiger partial charge in [0.1, 0.15) is 5.82 Å². The fourth-order valence-corrected chi connectivity index (χ4v) is 4.58. The lowest BCUT2D eigenvalue weighted by atomic mass is 10.2. The number of nitrogens with zero attached hydrogens (tertiary/aromatic N) is 4. The van der Waals surface area contributed by atoms with E-state index in [1.165, 1.54) is 0 Å². The van der Waals surface area contributed by atoms with Gasteiger partial charge in [-0.3, -0.25) is 14.8 Å². The number of nitrogens with one attached hydrogen (secondary N) is 1. The molecule has 3 heterocycles. The quantitative estimate of drug-likeness (QED) is 0.681. The van der Waals surface area contributed by atoms with Crippen molar-refractivity contribution in [2.75, 3.05) is 26.2 Å². The third-order valence-electron chi connectivity index (χ3n) is 4.63. The van der Waals surface area contributed by atoms with Crippen LogP contribution in [0.25, 0.3) is 16.2 Å². The maximum Gasteiger partial charge on any atom is 0.246 e. The van der Waals surface area contributed by atoms with E-state index in [0.29, 0.717) is 24.7 Å². The Hall–Kier alpha value is -2.22. The Kier molecular flexibility index (Phi) is 5.24. The zero-order valence-electron chi connectivity index (χ0n) is 15.0. The highest BCUT2D eigenvalue weighted by Gasteiger charge is 2.20. The van der Waals surface area contributed by atoms with Crippen LogP contribution in [0.15, 0.2) is 30.3 Å². The number of aromatic amines is 1. The molecule has 0 aliphatic carbocycles. The molecule has 1 aromatic carbocycles. The summed E-state index contributed by atoms with van der Waals surface area (Å²) in [5.41, 5.74) is 0. The van der Waals surface area contributed by atoms with Gasteiger partial charge >= 0.3 is 0 Å². The summed E-state index contributed by atoms with van der Waals surface area (Å²) in [5.74, 6) is 1.65. The Morgan fingerprint density at radius 3 is 2.78 bits per heavy atom. The van der Waals surface area contributed by atoms with Gasteiger partial charge in [-0.25, -0.2) is 4.98 Å². The first-order chi connectivity index (χ1) is 13.1. The van der Waals surface area contributed by atoms with E-state index in [2.05, 4.69) is 20.1 Å². The van der Waals surface area contributed by atoms with Gasteiger partial charge in [0.25, 0.3) is 0 Å². The van der Waals surface area contributed by atoms with Crippen molar-refractivity contribution in [1.29, 1.82) is 0 Å². The molecule has 0 saturated carbocycles. The normalized spacial score (nSPS) is 15.9. The Bertz CT molecular complexity index is 987. The number of benzene rings is 1. The summed E-state index contributed by atoms with van der Waals surface area (Å²) in [6, 6.07) is 8.01. The van der Waals surface area contributed by atoms with Gasteiger partial charge in [-0.05, 0) is 19.1 Å². The van der Waals surface area contributed by atoms with Crippen molar-refractivity contribution in [3.63, 3.8) is 0 Å². The molecule has 1 N–H and O–H groups in total. The van der Waals surface area contributed by atoms with Gasteiger partial charge < -0.3 is 4.90 Å². The largest absolute Gasteiger partial charge is 0.337 e. The van der Waals surface area contributed by atoms with Crippen LogP contribution in [0.4, 0.5) is 0 Å². The standard InChI is InChI=1S/C19H20ClN5OS/c1-13-21-17(23-22-13)12-24-8-10-25(11-9-24)18(26)7-6-16-19(20)14-4-2-3-5-15(14)27-16/h2-7H,8-12H2,1H3,(H,21,22,23)/b7-6+. The van der Waals surface area contributed by atoms with E-state index in [9.17, 15) is 4.79 Å². The third kappa shape index (κ3) is 4.05. The number of aryl methyl sites for hydroxylation is 1. The highest BCUT2D eigenvalue weighted by Crippen LogP contribution is 2.35. The number of hydrogen-bond acceptors (Lipinski definition) is 5. The zero-order valence-corrected chi connectivity index (χ0v) is 16.6. The maximum atomic E-state index is 12.5. The molecule has 0 radical (unpaired) electrons. The average Bonchev–Trinajstić information content (AvgIpc) is 3.23. The van der Waals surface area contributed by atoms with E-state index in [1.54, 1.807) is 17.4 Å². The van der Waals surface area contributed by atoms with Gasteiger partial charge in [-0.15, -0.1) is 11.3 Å². The van der Waals surface area contributed by atoms with E-state index in [1.807, 2.05) is 42.2 Å². The number of hydrogen-bond donors (Lipinski definition) is 1. The minimum absolute atomic E-state index is 0.0249. The Morgan fingerprint density at radius 2 is 2.07 bits per heavy atom. The SMILES string of the molecule is Cc1nc(CN2CCN(C(=O)/C=C/c3sc4ccccc4c3Cl)CC2)n[nH]1. The van der Waals surface area contributed by atoms with Gasteiger partial charge in [-0.2, -0.15) is 5.10 Å². The summed E-state index contributed by atoms with van der Waals surface area (Å²) < 4.78 is 1.13. The number of piperazine rings is 1. The lowest BCUT2D eigenvalue weighted by Crippen LogP contribution is -2.47. The summed E-state index contributed by atoms with van der Waals surface area (Å²) in [6.07, 6.45) is 3.46. The van der Waals surface area contributed by atoms with Gasteiger partial charge in [0.15, 0.2) is 5.82 Å². The molecule has 0 unspecified atom stereocenters. The number of aromatic nitrogens is 3. The lowest BCUT2D eigenvalue weighted by Gasteiger charge is -2.33. The molecule has 4 rings (SSSR count). The number of halogens is 1. The number of H-pyrrole nitrogens is 1. The first-order valence-electron chi connectivity index (χ1n) is 8.84. The van der Waals surface area contributed by atoms with E-state index in [0.717, 1.165) is 39.7 Å². The molecule has 8 heteroatoms. The Balaban J connectivity index is 1.35. The smallest absolute Gasteiger partial charge is 0.246 e. The predicted molar refractivity (Wildman–Crippen MR) is 109 cm³/mol. The minimum Gasteiger partial charge on any atom is -0.337 e. The van der Waals surface area contributed by atoms with Crippen LogP contribution >= 0.6 is 22.9 Å². The number of amides is 1. The third-order valence-corrected chi connectivity index (χ3v) is 6.28. The second-order valence-corrected chi connectivity index (χ2v) is 8.01. The van der Waals surface area contributed by atoms with E-state index < -0.39 is 0 Å². The van der Waals surface area contributed by atoms with Gasteiger partial charge in [0, 0.05) is 47.2 Å². The van der Waals surface area contributed by atoms with Crippen LogP contribution in [-0.2, 0) is 11.3 Å². The second kappa shape index (κ2) is 7.80. The molecule has 1 aliphatic rings. The zero-order chi connectivity index (χ0) is 18.8. The molecule has 1 aliphatic heterocycles. The predicted octanol–water partition coefficient (Wildman–Crippen LogP) is 3.34. The topological polar surface area (TPSA) is 65.1 Å². The first-order valence-corrected chi connectivity index (χ1v) is 10.0. The van der Waals surface area contributed by atoms with Crippen LogP contribution < -0.4 is 0 Å². The van der Waals surface area contributed by atoms with Crippen molar-refractivity contribution >= 4 is 45.0 Å². The van der Waals surface area contributed by atoms with Gasteiger partial charge in [0.05, 0.1) is 11.6 Å². The van der Waals surface area contributed by atoms with Crippen molar-refractivity contribution in [1.82, 2.24) is 25.0 Å². The van der Waals surface area contributed by atoms with Crippen molar-refractivity contribution < 1.29 is 4.79 Å². The number of rotatable bonds is 4. The molecule has 0 bridgehead atoms. The van der Waals surface area contributed by atoms with Crippen LogP contribution in [-0.4, -0.2) is 57.1 Å². The second-order valence-electron chi connectivity index (χ2n) is 6.55. The van der Waals surface area contributed by atoms with Crippen LogP contribution in [0, 0.1) is 6.92 Å². The highest BCUT2D eigenvalue weighted by atomic mass is 35.5. The number of thiophene rings is 1. The Labute approximate surface area is 166 Å². The number of carbonyl (C=O) groups is 1. The van der Waals surface area contributed by atoms with E-state index >= 15 is 0 Å². The molecule has 1 fully saturated rings. The molecule has 1 amide bonds. The molecule has 6 nitrogen and oxygen atoms in total. The molecule has 1 saturated heterocycles. The molecule has 27 heavy (non-hydrogen) atoms. The van der Waals surface area contributed by atoms with Crippen molar-refractivity contribution in [2.45, 2.75) is 13.5 Å². The molecule has 0 spiro atoms. The summed E-state index contributed by atoms with van der Waals surface area (Å²) in [7, 11) is 0. The van der Waals surface area contributed by atoms with Crippen molar-refractivity contribution in [3.05, 3.63) is 51.9 Å². The highest BCUT2D eigenvalue weighted by molar-refractivity contribution is 7.20. The maximum absolute atomic E-state index is 12.5. The van der Waals surface area contributed by atoms with Gasteiger partial charge in [0.2, 0.25) is 5.91 Å². The summed E-state index contributed by atoms with van der Waals surface area (Å²) in [6.45, 7) is 5.63. The van der Waals surface area contributed by atoms with Crippen LogP contribution in [0.2, 0.25) is 5.02 Å². The molecule has 3 aromatic rings. The van der Waals surface area contributed by atoms with Crippen molar-refractivity contribution in [2.24, 2.45) is 0 Å². The van der Waals surface area contributed by atoms with Crippen LogP contribution in [0.1, 0.15) is 16.5 Å². The molecular weight excluding hydrogens is 382 g/mol. The van der Waals surface area contributed by atoms with Crippen LogP contribution in [0.3, 0.4) is 0 Å². The molecular formula is C19H20ClN5OS. The lowest BCUT2D eigenvalue weighted by molar-refractivity contribution is -0.127.